The van der Waals surface area contributed by atoms with Crippen molar-refractivity contribution >= 4 is 29.2 Å². The standard InChI is InChI=1S/C18H17ClFNO3/c1-2-24-18(23)14-11-13(8-9-15(14)19)21-17(22)10-7-12-5-3-4-6-16(12)20/h3-6,8-9,11H,2,7,10H2,1H3,(H,21,22). The lowest BCUT2D eigenvalue weighted by molar-refractivity contribution is -0.116. The molecule has 0 spiro atoms. The first-order valence-corrected chi connectivity index (χ1v) is 7.89. The zero-order valence-electron chi connectivity index (χ0n) is 13.1. The number of aryl methyl sites for hydroxylation is 1. The molecular formula is C18H17ClFNO3. The third-order valence-corrected chi connectivity index (χ3v) is 3.65. The summed E-state index contributed by atoms with van der Waals surface area (Å²) in [6.45, 7) is 1.93. The zero-order valence-corrected chi connectivity index (χ0v) is 13.9. The minimum absolute atomic E-state index is 0.123. The van der Waals surface area contributed by atoms with Gasteiger partial charge in [-0.15, -0.1) is 0 Å². The third-order valence-electron chi connectivity index (χ3n) is 3.32. The number of halogens is 2. The largest absolute Gasteiger partial charge is 0.462 e. The van der Waals surface area contributed by atoms with Gasteiger partial charge in [-0.05, 0) is 43.2 Å². The van der Waals surface area contributed by atoms with Gasteiger partial charge in [-0.2, -0.15) is 0 Å². The summed E-state index contributed by atoms with van der Waals surface area (Å²) < 4.78 is 18.4. The van der Waals surface area contributed by atoms with Crippen LogP contribution in [0.1, 0.15) is 29.3 Å². The van der Waals surface area contributed by atoms with Crippen LogP contribution in [0.3, 0.4) is 0 Å². The highest BCUT2D eigenvalue weighted by molar-refractivity contribution is 6.33. The van der Waals surface area contributed by atoms with E-state index in [9.17, 15) is 14.0 Å². The number of benzene rings is 2. The first-order valence-electron chi connectivity index (χ1n) is 7.51. The Bertz CT molecular complexity index is 749. The maximum atomic E-state index is 13.5. The highest BCUT2D eigenvalue weighted by atomic mass is 35.5. The number of carbonyl (C=O) groups excluding carboxylic acids is 2. The number of rotatable bonds is 6. The fourth-order valence-electron chi connectivity index (χ4n) is 2.14. The van der Waals surface area contributed by atoms with Crippen LogP contribution in [0.2, 0.25) is 5.02 Å². The van der Waals surface area contributed by atoms with Gasteiger partial charge in [-0.25, -0.2) is 9.18 Å². The molecule has 0 aromatic heterocycles. The molecule has 24 heavy (non-hydrogen) atoms. The van der Waals surface area contributed by atoms with Gasteiger partial charge in [-0.1, -0.05) is 29.8 Å². The predicted molar refractivity (Wildman–Crippen MR) is 90.8 cm³/mol. The number of esters is 1. The summed E-state index contributed by atoms with van der Waals surface area (Å²) in [4.78, 5) is 23.8. The van der Waals surface area contributed by atoms with Crippen LogP contribution < -0.4 is 5.32 Å². The van der Waals surface area contributed by atoms with Gasteiger partial charge in [0.05, 0.1) is 17.2 Å². The van der Waals surface area contributed by atoms with E-state index in [-0.39, 0.29) is 41.8 Å². The van der Waals surface area contributed by atoms with Crippen LogP contribution in [0.4, 0.5) is 10.1 Å². The number of carbonyl (C=O) groups is 2. The van der Waals surface area contributed by atoms with Crippen LogP contribution in [0.25, 0.3) is 0 Å². The average Bonchev–Trinajstić information content (AvgIpc) is 2.56. The maximum absolute atomic E-state index is 13.5. The van der Waals surface area contributed by atoms with Crippen LogP contribution in [0.5, 0.6) is 0 Å². The summed E-state index contributed by atoms with van der Waals surface area (Å²) in [6, 6.07) is 10.9. The number of anilines is 1. The molecule has 4 nitrogen and oxygen atoms in total. The monoisotopic (exact) mass is 349 g/mol. The van der Waals surface area contributed by atoms with E-state index < -0.39 is 5.97 Å². The molecule has 0 aliphatic rings. The third kappa shape index (κ3) is 4.80. The second-order valence-electron chi connectivity index (χ2n) is 5.05. The Kier molecular flexibility index (Phi) is 6.32. The lowest BCUT2D eigenvalue weighted by Crippen LogP contribution is -2.13. The number of ether oxygens (including phenoxy) is 1. The first-order chi connectivity index (χ1) is 11.5. The second kappa shape index (κ2) is 8.45. The van der Waals surface area contributed by atoms with Gasteiger partial charge in [0.15, 0.2) is 0 Å². The van der Waals surface area contributed by atoms with Crippen molar-refractivity contribution in [2.45, 2.75) is 19.8 Å². The van der Waals surface area contributed by atoms with Crippen LogP contribution in [0, 0.1) is 5.82 Å². The second-order valence-corrected chi connectivity index (χ2v) is 5.46. The molecule has 0 aliphatic carbocycles. The van der Waals surface area contributed by atoms with E-state index in [1.165, 1.54) is 18.2 Å². The maximum Gasteiger partial charge on any atom is 0.339 e. The Hall–Kier alpha value is -2.40. The summed E-state index contributed by atoms with van der Waals surface area (Å²) in [6.07, 6.45) is 0.412. The Labute approximate surface area is 144 Å². The molecule has 0 atom stereocenters. The smallest absolute Gasteiger partial charge is 0.339 e. The van der Waals surface area contributed by atoms with Gasteiger partial charge in [0.25, 0.3) is 0 Å². The van der Waals surface area contributed by atoms with E-state index in [4.69, 9.17) is 16.3 Å². The fraction of sp³-hybridized carbons (Fsp3) is 0.222. The first kappa shape index (κ1) is 17.9. The topological polar surface area (TPSA) is 55.4 Å². The molecule has 1 N–H and O–H groups in total. The van der Waals surface area contributed by atoms with Crippen molar-refractivity contribution in [3.63, 3.8) is 0 Å². The summed E-state index contributed by atoms with van der Waals surface area (Å²) in [5.41, 5.74) is 1.10. The van der Waals surface area contributed by atoms with Gasteiger partial charge in [0.2, 0.25) is 5.91 Å². The van der Waals surface area contributed by atoms with E-state index >= 15 is 0 Å². The molecule has 0 heterocycles. The van der Waals surface area contributed by atoms with Crippen molar-refractivity contribution in [1.29, 1.82) is 0 Å². The molecule has 2 rings (SSSR count). The molecular weight excluding hydrogens is 333 g/mol. The molecule has 0 fully saturated rings. The fourth-order valence-corrected chi connectivity index (χ4v) is 2.34. The highest BCUT2D eigenvalue weighted by Crippen LogP contribution is 2.22. The van der Waals surface area contributed by atoms with E-state index in [0.29, 0.717) is 11.3 Å². The molecule has 0 saturated carbocycles. The molecule has 0 bridgehead atoms. The van der Waals surface area contributed by atoms with E-state index in [0.717, 1.165) is 0 Å². The molecule has 1 amide bonds. The van der Waals surface area contributed by atoms with Crippen molar-refractivity contribution in [3.8, 4) is 0 Å². The predicted octanol–water partition coefficient (Wildman–Crippen LogP) is 4.23. The number of hydrogen-bond donors (Lipinski definition) is 1. The number of hydrogen-bond acceptors (Lipinski definition) is 3. The average molecular weight is 350 g/mol. The quantitative estimate of drug-likeness (QED) is 0.794. The Morgan fingerprint density at radius 2 is 1.96 bits per heavy atom. The minimum atomic E-state index is -0.551. The lowest BCUT2D eigenvalue weighted by Gasteiger charge is -2.09. The van der Waals surface area contributed by atoms with Crippen LogP contribution in [0.15, 0.2) is 42.5 Å². The van der Waals surface area contributed by atoms with Crippen molar-refractivity contribution in [1.82, 2.24) is 0 Å². The Morgan fingerprint density at radius 3 is 2.67 bits per heavy atom. The molecule has 2 aromatic carbocycles. The summed E-state index contributed by atoms with van der Waals surface area (Å²) in [5, 5.41) is 2.92. The lowest BCUT2D eigenvalue weighted by atomic mass is 10.1. The molecule has 6 heteroatoms. The number of nitrogens with one attached hydrogen (secondary N) is 1. The van der Waals surface area contributed by atoms with Crippen LogP contribution in [-0.4, -0.2) is 18.5 Å². The summed E-state index contributed by atoms with van der Waals surface area (Å²) in [5.74, 6) is -1.17. The van der Waals surface area contributed by atoms with Gasteiger partial charge < -0.3 is 10.1 Å². The molecule has 0 saturated heterocycles. The van der Waals surface area contributed by atoms with Gasteiger partial charge >= 0.3 is 5.97 Å². The minimum Gasteiger partial charge on any atom is -0.462 e. The zero-order chi connectivity index (χ0) is 17.5. The van der Waals surface area contributed by atoms with Crippen molar-refractivity contribution in [2.24, 2.45) is 0 Å². The Balaban J connectivity index is 2.00. The van der Waals surface area contributed by atoms with Crippen molar-refractivity contribution in [2.75, 3.05) is 11.9 Å². The molecule has 0 radical (unpaired) electrons. The number of amides is 1. The van der Waals surface area contributed by atoms with Crippen molar-refractivity contribution in [3.05, 3.63) is 64.4 Å². The van der Waals surface area contributed by atoms with Crippen molar-refractivity contribution < 1.29 is 18.7 Å². The van der Waals surface area contributed by atoms with E-state index in [2.05, 4.69) is 5.32 Å². The Morgan fingerprint density at radius 1 is 1.21 bits per heavy atom. The molecule has 2 aromatic rings. The van der Waals surface area contributed by atoms with Crippen LogP contribution >= 0.6 is 11.6 Å². The molecule has 0 unspecified atom stereocenters. The SMILES string of the molecule is CCOC(=O)c1cc(NC(=O)CCc2ccccc2F)ccc1Cl. The van der Waals surface area contributed by atoms with E-state index in [1.807, 2.05) is 0 Å². The van der Waals surface area contributed by atoms with Gasteiger partial charge in [0.1, 0.15) is 5.82 Å². The van der Waals surface area contributed by atoms with E-state index in [1.54, 1.807) is 31.2 Å². The summed E-state index contributed by atoms with van der Waals surface area (Å²) >= 11 is 5.97. The molecule has 0 aliphatic heterocycles. The van der Waals surface area contributed by atoms with Gasteiger partial charge in [-0.3, -0.25) is 4.79 Å². The van der Waals surface area contributed by atoms with Gasteiger partial charge in [0, 0.05) is 12.1 Å². The normalized spacial score (nSPS) is 10.3. The molecule has 126 valence electrons. The highest BCUT2D eigenvalue weighted by Gasteiger charge is 2.13. The van der Waals surface area contributed by atoms with Crippen LogP contribution in [-0.2, 0) is 16.0 Å². The summed E-state index contributed by atoms with van der Waals surface area (Å²) in [7, 11) is 0.